The second kappa shape index (κ2) is 15.1. The summed E-state index contributed by atoms with van der Waals surface area (Å²) in [4.78, 5) is 2.65. The van der Waals surface area contributed by atoms with Gasteiger partial charge in [0.25, 0.3) is 0 Å². The predicted octanol–water partition coefficient (Wildman–Crippen LogP) is 4.67. The van der Waals surface area contributed by atoms with E-state index in [4.69, 9.17) is 10.2 Å². The largest absolute Gasteiger partial charge is 0.396 e. The Hall–Kier alpha value is -0.820. The highest BCUT2D eigenvalue weighted by molar-refractivity contribution is 7.09. The SMILES string of the molecule is Cc1c(CCO)s[14cH][n+]1CCCCCCCCCCCC[n+]1[14cH]sc(CCO)c1C. The van der Waals surface area contributed by atoms with Crippen LogP contribution in [-0.4, -0.2) is 23.4 Å². The highest BCUT2D eigenvalue weighted by Crippen LogP contribution is 2.14. The van der Waals surface area contributed by atoms with Crippen molar-refractivity contribution in [2.75, 3.05) is 13.2 Å². The van der Waals surface area contributed by atoms with Gasteiger partial charge in [-0.2, -0.15) is 9.13 Å². The third kappa shape index (κ3) is 8.74. The molecular formula is C24H42N2O2S2+2. The monoisotopic (exact) mass is 458 g/mol. The lowest BCUT2D eigenvalue weighted by atomic mass is 10.1. The van der Waals surface area contributed by atoms with Crippen LogP contribution in [0.15, 0.2) is 11.0 Å². The molecule has 0 aromatic carbocycles. The molecule has 2 rings (SSSR count). The van der Waals surface area contributed by atoms with Crippen LogP contribution in [0.3, 0.4) is 0 Å². The summed E-state index contributed by atoms with van der Waals surface area (Å²) in [5, 5.41) is 18.2. The fourth-order valence-corrected chi connectivity index (χ4v) is 6.04. The Labute approximate surface area is 191 Å². The van der Waals surface area contributed by atoms with Gasteiger partial charge in [0, 0.05) is 52.7 Å². The zero-order valence-electron chi connectivity index (χ0n) is 19.1. The quantitative estimate of drug-likeness (QED) is 0.267. The van der Waals surface area contributed by atoms with Gasteiger partial charge in [-0.3, -0.25) is 0 Å². The minimum Gasteiger partial charge on any atom is -0.396 e. The third-order valence-electron chi connectivity index (χ3n) is 6.04. The molecule has 0 atom stereocenters. The highest BCUT2D eigenvalue weighted by Gasteiger charge is 2.14. The molecule has 0 aliphatic rings. The fraction of sp³-hybridized carbons (Fsp3) is 0.750. The van der Waals surface area contributed by atoms with Gasteiger partial charge in [-0.1, -0.05) is 61.2 Å². The summed E-state index contributed by atoms with van der Waals surface area (Å²) >= 11 is 3.56. The molecule has 0 bridgehead atoms. The van der Waals surface area contributed by atoms with Crippen molar-refractivity contribution >= 4 is 22.7 Å². The van der Waals surface area contributed by atoms with Gasteiger partial charge in [0.2, 0.25) is 11.0 Å². The Morgan fingerprint density at radius 3 is 1.27 bits per heavy atom. The molecule has 0 saturated heterocycles. The van der Waals surface area contributed by atoms with Crippen molar-refractivity contribution in [1.82, 2.24) is 0 Å². The zero-order chi connectivity index (χ0) is 21.6. The maximum Gasteiger partial charge on any atom is 0.225 e. The Morgan fingerprint density at radius 1 is 0.600 bits per heavy atom. The van der Waals surface area contributed by atoms with Crippen molar-refractivity contribution in [3.8, 4) is 0 Å². The molecule has 6 heteroatoms. The molecule has 2 aromatic rings. The lowest BCUT2D eigenvalue weighted by Gasteiger charge is -2.02. The maximum absolute atomic E-state index is 9.09. The van der Waals surface area contributed by atoms with Crippen molar-refractivity contribution in [2.45, 2.75) is 104 Å². The summed E-state index contributed by atoms with van der Waals surface area (Å²) in [7, 11) is 0. The standard InChI is InChI=1S/C24H42N2O2S2/c1-21-23(13-17-27)29-19-25(21)15-11-9-7-5-3-4-6-8-10-12-16-26-20-30-24(14-18-28)22(26)2/h19-20,27-28H,3-18H2,1-2H3/q+2/i19+2,20+2. The number of aryl methyl sites for hydroxylation is 2. The number of thiazole rings is 2. The van der Waals surface area contributed by atoms with Crippen LogP contribution in [-0.2, 0) is 25.9 Å². The maximum atomic E-state index is 9.09. The summed E-state index contributed by atoms with van der Waals surface area (Å²) in [5.41, 5.74) is 7.11. The van der Waals surface area contributed by atoms with Gasteiger partial charge in [0.1, 0.15) is 13.1 Å². The summed E-state index contributed by atoms with van der Waals surface area (Å²) in [6.07, 6.45) is 15.0. The molecule has 4 nitrogen and oxygen atoms in total. The average molecular weight is 459 g/mol. The Kier molecular flexibility index (Phi) is 12.8. The van der Waals surface area contributed by atoms with Gasteiger partial charge in [-0.25, -0.2) is 0 Å². The number of aromatic nitrogens is 2. The van der Waals surface area contributed by atoms with Crippen molar-refractivity contribution < 1.29 is 19.3 Å². The molecule has 2 heterocycles. The number of aliphatic hydroxyl groups is 2. The average Bonchev–Trinajstić information content (AvgIpc) is 3.26. The first-order valence-corrected chi connectivity index (χ1v) is 13.6. The lowest BCUT2D eigenvalue weighted by Crippen LogP contribution is -2.34. The topological polar surface area (TPSA) is 48.2 Å². The molecule has 0 spiro atoms. The summed E-state index contributed by atoms with van der Waals surface area (Å²) in [6.45, 7) is 7.10. The van der Waals surface area contributed by atoms with E-state index in [1.165, 1.54) is 85.4 Å². The lowest BCUT2D eigenvalue weighted by molar-refractivity contribution is -0.698. The fourth-order valence-electron chi connectivity index (χ4n) is 4.01. The molecule has 0 aliphatic carbocycles. The van der Waals surface area contributed by atoms with Crippen molar-refractivity contribution in [3.05, 3.63) is 32.2 Å². The van der Waals surface area contributed by atoms with Gasteiger partial charge < -0.3 is 10.2 Å². The van der Waals surface area contributed by atoms with E-state index in [0.717, 1.165) is 25.9 Å². The second-order valence-electron chi connectivity index (χ2n) is 8.33. The van der Waals surface area contributed by atoms with E-state index in [-0.39, 0.29) is 13.2 Å². The summed E-state index contributed by atoms with van der Waals surface area (Å²) in [5.74, 6) is 0. The van der Waals surface area contributed by atoms with Crippen LogP contribution >= 0.6 is 22.7 Å². The molecule has 30 heavy (non-hydrogen) atoms. The smallest absolute Gasteiger partial charge is 0.225 e. The molecule has 170 valence electrons. The van der Waals surface area contributed by atoms with Crippen LogP contribution in [0.25, 0.3) is 0 Å². The van der Waals surface area contributed by atoms with E-state index in [9.17, 15) is 0 Å². The van der Waals surface area contributed by atoms with Crippen LogP contribution in [0.5, 0.6) is 0 Å². The minimum atomic E-state index is 0.251. The van der Waals surface area contributed by atoms with Crippen LogP contribution in [0, 0.1) is 13.8 Å². The van der Waals surface area contributed by atoms with E-state index in [1.54, 1.807) is 22.7 Å². The first kappa shape index (κ1) is 25.4. The number of nitrogens with zero attached hydrogens (tertiary/aromatic N) is 2. The molecule has 2 N–H and O–H groups in total. The molecule has 0 aliphatic heterocycles. The van der Waals surface area contributed by atoms with Gasteiger partial charge in [-0.05, 0) is 12.8 Å². The summed E-state index contributed by atoms with van der Waals surface area (Å²) < 4.78 is 4.72. The predicted molar refractivity (Wildman–Crippen MR) is 126 cm³/mol. The minimum absolute atomic E-state index is 0.251. The summed E-state index contributed by atoms with van der Waals surface area (Å²) in [6, 6.07) is 0. The van der Waals surface area contributed by atoms with Crippen molar-refractivity contribution in [2.24, 2.45) is 0 Å². The van der Waals surface area contributed by atoms with Crippen LogP contribution in [0.1, 0.15) is 85.4 Å². The number of hydrogen-bond donors (Lipinski definition) is 2. The number of aliphatic hydroxyl groups excluding tert-OH is 2. The van der Waals surface area contributed by atoms with Crippen LogP contribution in [0.2, 0.25) is 0 Å². The molecule has 0 unspecified atom stereocenters. The zero-order valence-corrected chi connectivity index (χ0v) is 20.7. The van der Waals surface area contributed by atoms with Gasteiger partial charge in [-0.15, -0.1) is 0 Å². The molecule has 2 aromatic heterocycles. The van der Waals surface area contributed by atoms with E-state index < -0.39 is 0 Å². The molecule has 0 radical (unpaired) electrons. The highest BCUT2D eigenvalue weighted by atomic mass is 32.1. The Balaban J connectivity index is 1.41. The molecule has 0 saturated carbocycles. The number of rotatable bonds is 17. The first-order valence-electron chi connectivity index (χ1n) is 11.8. The van der Waals surface area contributed by atoms with Gasteiger partial charge in [0.05, 0.1) is 9.75 Å². The van der Waals surface area contributed by atoms with Crippen molar-refractivity contribution in [3.63, 3.8) is 0 Å². The normalized spacial score (nSPS) is 11.5. The van der Waals surface area contributed by atoms with E-state index in [2.05, 4.69) is 34.0 Å². The van der Waals surface area contributed by atoms with E-state index in [0.29, 0.717) is 0 Å². The molecule has 0 fully saturated rings. The van der Waals surface area contributed by atoms with Gasteiger partial charge in [0.15, 0.2) is 11.4 Å². The Bertz CT molecular complexity index is 652. The Morgan fingerprint density at radius 2 is 0.933 bits per heavy atom. The van der Waals surface area contributed by atoms with Crippen LogP contribution < -0.4 is 9.13 Å². The van der Waals surface area contributed by atoms with E-state index in [1.807, 2.05) is 0 Å². The first-order chi connectivity index (χ1) is 14.7. The second-order valence-corrected chi connectivity index (χ2v) is 10.2. The number of hydrogen-bond acceptors (Lipinski definition) is 4. The van der Waals surface area contributed by atoms with Gasteiger partial charge >= 0.3 is 0 Å². The van der Waals surface area contributed by atoms with E-state index >= 15 is 0 Å². The number of unbranched alkanes of at least 4 members (excludes halogenated alkanes) is 9. The van der Waals surface area contributed by atoms with Crippen molar-refractivity contribution in [1.29, 1.82) is 0 Å². The van der Waals surface area contributed by atoms with Crippen LogP contribution in [0.4, 0.5) is 0 Å². The third-order valence-corrected chi connectivity index (χ3v) is 8.33. The molecular weight excluding hydrogens is 416 g/mol. The molecule has 0 amide bonds.